The third-order valence-corrected chi connectivity index (χ3v) is 6.68. The number of anilines is 1. The molecule has 1 aromatic heterocycles. The van der Waals surface area contributed by atoms with Crippen molar-refractivity contribution < 1.29 is 9.53 Å². The maximum absolute atomic E-state index is 13.5. The van der Waals surface area contributed by atoms with Crippen LogP contribution in [0.4, 0.5) is 5.69 Å². The average Bonchev–Trinajstić information content (AvgIpc) is 2.93. The lowest BCUT2D eigenvalue weighted by Crippen LogP contribution is -2.25. The van der Waals surface area contributed by atoms with Gasteiger partial charge < -0.3 is 10.1 Å². The number of halogens is 1. The zero-order valence-electron chi connectivity index (χ0n) is 20.3. The fourth-order valence-electron chi connectivity index (χ4n) is 4.61. The number of para-hydroxylation sites is 2. The van der Waals surface area contributed by atoms with Gasteiger partial charge >= 0.3 is 0 Å². The first-order chi connectivity index (χ1) is 18.1. The van der Waals surface area contributed by atoms with Gasteiger partial charge in [0, 0.05) is 22.2 Å². The molecule has 0 aliphatic heterocycles. The van der Waals surface area contributed by atoms with E-state index in [1.807, 2.05) is 36.4 Å². The van der Waals surface area contributed by atoms with Crippen LogP contribution < -0.4 is 15.6 Å². The Balaban J connectivity index is 1.44. The molecular weight excluding hydrogens is 488 g/mol. The molecule has 1 aliphatic carbocycles. The largest absolute Gasteiger partial charge is 0.483 e. The highest BCUT2D eigenvalue weighted by Crippen LogP contribution is 2.32. The highest BCUT2D eigenvalue weighted by molar-refractivity contribution is 6.30. The van der Waals surface area contributed by atoms with Crippen molar-refractivity contribution in [1.82, 2.24) is 9.66 Å². The molecule has 1 amide bonds. The molecule has 5 rings (SSSR count). The molecule has 37 heavy (non-hydrogen) atoms. The molecule has 0 saturated heterocycles. The zero-order valence-corrected chi connectivity index (χ0v) is 21.0. The zero-order chi connectivity index (χ0) is 25.6. The Bertz CT molecular complexity index is 1490. The van der Waals surface area contributed by atoms with Gasteiger partial charge in [0.15, 0.2) is 6.61 Å². The summed E-state index contributed by atoms with van der Waals surface area (Å²) >= 11 is 6.25. The lowest BCUT2D eigenvalue weighted by atomic mass is 9.88. The fraction of sp³-hybridized carbons (Fsp3) is 0.241. The molecule has 7 nitrogen and oxygen atoms in total. The van der Waals surface area contributed by atoms with E-state index < -0.39 is 0 Å². The molecule has 0 unspecified atom stereocenters. The molecule has 0 spiro atoms. The van der Waals surface area contributed by atoms with Gasteiger partial charge in [-0.15, -0.1) is 0 Å². The van der Waals surface area contributed by atoms with Crippen molar-refractivity contribution in [3.05, 3.63) is 99.6 Å². The lowest BCUT2D eigenvalue weighted by molar-refractivity contribution is -0.118. The predicted octanol–water partition coefficient (Wildman–Crippen LogP) is 6.00. The number of ether oxygens (including phenoxy) is 1. The van der Waals surface area contributed by atoms with E-state index in [2.05, 4.69) is 10.4 Å². The van der Waals surface area contributed by atoms with Crippen molar-refractivity contribution in [3.63, 3.8) is 0 Å². The average molecular weight is 515 g/mol. The van der Waals surface area contributed by atoms with E-state index in [1.165, 1.54) is 11.1 Å². The third-order valence-electron chi connectivity index (χ3n) is 6.45. The summed E-state index contributed by atoms with van der Waals surface area (Å²) in [7, 11) is 0. The first-order valence-corrected chi connectivity index (χ1v) is 12.8. The van der Waals surface area contributed by atoms with Gasteiger partial charge in [0.2, 0.25) is 0 Å². The number of nitrogens with zero attached hydrogens (tertiary/aromatic N) is 3. The number of hydrogen-bond donors (Lipinski definition) is 1. The third kappa shape index (κ3) is 5.89. The van der Waals surface area contributed by atoms with Crippen LogP contribution in [-0.2, 0) is 4.79 Å². The second-order valence-corrected chi connectivity index (χ2v) is 9.51. The van der Waals surface area contributed by atoms with Crippen LogP contribution in [0, 0.1) is 0 Å². The van der Waals surface area contributed by atoms with Crippen LogP contribution in [-0.4, -0.2) is 28.4 Å². The summed E-state index contributed by atoms with van der Waals surface area (Å²) in [5, 5.41) is 8.37. The van der Waals surface area contributed by atoms with Crippen LogP contribution in [0.15, 0.2) is 82.7 Å². The molecule has 0 radical (unpaired) electrons. The van der Waals surface area contributed by atoms with Crippen LogP contribution in [0.1, 0.15) is 49.4 Å². The molecule has 8 heteroatoms. The van der Waals surface area contributed by atoms with Crippen molar-refractivity contribution in [3.8, 4) is 5.75 Å². The van der Waals surface area contributed by atoms with E-state index in [1.54, 1.807) is 42.6 Å². The van der Waals surface area contributed by atoms with Gasteiger partial charge in [-0.2, -0.15) is 9.78 Å². The summed E-state index contributed by atoms with van der Waals surface area (Å²) in [4.78, 5) is 30.7. The molecular formula is C29H27ClN4O3. The molecule has 1 aliphatic rings. The van der Waals surface area contributed by atoms with Crippen molar-refractivity contribution in [2.75, 3.05) is 11.9 Å². The molecule has 0 atom stereocenters. The van der Waals surface area contributed by atoms with Crippen molar-refractivity contribution in [2.45, 2.75) is 38.0 Å². The van der Waals surface area contributed by atoms with Gasteiger partial charge in [-0.3, -0.25) is 9.59 Å². The Labute approximate surface area is 219 Å². The quantitative estimate of drug-likeness (QED) is 0.307. The summed E-state index contributed by atoms with van der Waals surface area (Å²) in [5.41, 5.74) is 1.70. The smallest absolute Gasteiger partial charge is 0.282 e. The first-order valence-electron chi connectivity index (χ1n) is 12.4. The standard InChI is InChI=1S/C29H27ClN4O3/c30-22-15-16-26(37-19-27(35)32-23-11-5-2-6-12-23)21(17-22)18-31-34-28(20-9-3-1-4-10-20)33-25-14-8-7-13-24(25)29(34)36/h2,5-8,11-18,20H,1,3-4,9-10,19H2,(H,32,35). The van der Waals surface area contributed by atoms with E-state index >= 15 is 0 Å². The molecule has 4 aromatic rings. The molecule has 0 bridgehead atoms. The van der Waals surface area contributed by atoms with E-state index in [0.29, 0.717) is 38.8 Å². The van der Waals surface area contributed by atoms with E-state index in [4.69, 9.17) is 21.3 Å². The number of amides is 1. The lowest BCUT2D eigenvalue weighted by Gasteiger charge is -2.22. The molecule has 1 heterocycles. The van der Waals surface area contributed by atoms with Gasteiger partial charge in [0.05, 0.1) is 17.1 Å². The number of hydrogen-bond acceptors (Lipinski definition) is 5. The van der Waals surface area contributed by atoms with Crippen LogP contribution in [0.3, 0.4) is 0 Å². The van der Waals surface area contributed by atoms with Gasteiger partial charge in [-0.05, 0) is 55.3 Å². The summed E-state index contributed by atoms with van der Waals surface area (Å²) in [6.07, 6.45) is 6.90. The van der Waals surface area contributed by atoms with E-state index in [9.17, 15) is 9.59 Å². The van der Waals surface area contributed by atoms with Crippen LogP contribution in [0.2, 0.25) is 5.02 Å². The maximum Gasteiger partial charge on any atom is 0.282 e. The topological polar surface area (TPSA) is 85.6 Å². The highest BCUT2D eigenvalue weighted by Gasteiger charge is 2.22. The van der Waals surface area contributed by atoms with Crippen molar-refractivity contribution >= 4 is 40.3 Å². The Morgan fingerprint density at radius 1 is 1.05 bits per heavy atom. The number of carbonyl (C=O) groups excluding carboxylic acids is 1. The summed E-state index contributed by atoms with van der Waals surface area (Å²) in [6.45, 7) is -0.192. The number of fused-ring (bicyclic) bond motifs is 1. The van der Waals surface area contributed by atoms with Crippen LogP contribution in [0.25, 0.3) is 10.9 Å². The summed E-state index contributed by atoms with van der Waals surface area (Å²) in [6, 6.07) is 21.6. The fourth-order valence-corrected chi connectivity index (χ4v) is 4.79. The second-order valence-electron chi connectivity index (χ2n) is 9.07. The minimum atomic E-state index is -0.293. The second kappa shape index (κ2) is 11.4. The molecule has 1 saturated carbocycles. The number of carbonyl (C=O) groups is 1. The van der Waals surface area contributed by atoms with E-state index in [0.717, 1.165) is 25.7 Å². The Kier molecular flexibility index (Phi) is 7.61. The Hall–Kier alpha value is -3.97. The monoisotopic (exact) mass is 514 g/mol. The molecule has 3 aromatic carbocycles. The predicted molar refractivity (Wildman–Crippen MR) is 147 cm³/mol. The number of benzene rings is 3. The Morgan fingerprint density at radius 2 is 1.81 bits per heavy atom. The van der Waals surface area contributed by atoms with Crippen molar-refractivity contribution in [2.24, 2.45) is 5.10 Å². The van der Waals surface area contributed by atoms with Crippen molar-refractivity contribution in [1.29, 1.82) is 0 Å². The van der Waals surface area contributed by atoms with Crippen LogP contribution in [0.5, 0.6) is 5.75 Å². The number of rotatable bonds is 7. The van der Waals surface area contributed by atoms with Gasteiger partial charge in [-0.25, -0.2) is 4.98 Å². The molecule has 188 valence electrons. The van der Waals surface area contributed by atoms with Crippen LogP contribution >= 0.6 is 11.6 Å². The molecule has 1 N–H and O–H groups in total. The molecule has 1 fully saturated rings. The van der Waals surface area contributed by atoms with E-state index in [-0.39, 0.29) is 24.0 Å². The summed E-state index contributed by atoms with van der Waals surface area (Å²) in [5.74, 6) is 0.974. The number of aromatic nitrogens is 2. The van der Waals surface area contributed by atoms with Gasteiger partial charge in [-0.1, -0.05) is 61.2 Å². The summed E-state index contributed by atoms with van der Waals surface area (Å²) < 4.78 is 7.20. The minimum absolute atomic E-state index is 0.167. The normalized spacial score (nSPS) is 14.2. The number of nitrogens with one attached hydrogen (secondary N) is 1. The Morgan fingerprint density at radius 3 is 2.62 bits per heavy atom. The minimum Gasteiger partial charge on any atom is -0.483 e. The first kappa shape index (κ1) is 24.7. The SMILES string of the molecule is O=C(COc1ccc(Cl)cc1C=Nn1c(C2CCCCC2)nc2ccccc2c1=O)Nc1ccccc1. The highest BCUT2D eigenvalue weighted by atomic mass is 35.5. The maximum atomic E-state index is 13.5. The van der Waals surface area contributed by atoms with Gasteiger partial charge in [0.25, 0.3) is 11.5 Å². The van der Waals surface area contributed by atoms with Gasteiger partial charge in [0.1, 0.15) is 11.6 Å².